The van der Waals surface area contributed by atoms with Crippen molar-refractivity contribution in [3.8, 4) is 0 Å². The summed E-state index contributed by atoms with van der Waals surface area (Å²) < 4.78 is 0. The number of isocyanates is 3. The van der Waals surface area contributed by atoms with Gasteiger partial charge in [0.05, 0.1) is 19.1 Å². The molecule has 21 heavy (non-hydrogen) atoms. The molecule has 0 heterocycles. The van der Waals surface area contributed by atoms with Crippen LogP contribution in [-0.2, 0) is 14.4 Å². The smallest absolute Gasteiger partial charge is 0.211 e. The lowest BCUT2D eigenvalue weighted by molar-refractivity contribution is 0.105. The fourth-order valence-corrected chi connectivity index (χ4v) is 4.54. The van der Waals surface area contributed by atoms with Crippen LogP contribution in [-0.4, -0.2) is 37.4 Å². The van der Waals surface area contributed by atoms with Crippen LogP contribution in [0.4, 0.5) is 0 Å². The molecule has 6 nitrogen and oxygen atoms in total. The summed E-state index contributed by atoms with van der Waals surface area (Å²) in [5.41, 5.74) is -0.240. The predicted molar refractivity (Wildman–Crippen MR) is 74.9 cm³/mol. The standard InChI is InChI=1S/C15H19N3O3/c1-2-14(18-10-21)15(7-17-9-20)5-11-3-13(15)4-12(11)6-16-8-19/h11-14H,2-7H2,1H3. The van der Waals surface area contributed by atoms with Gasteiger partial charge in [-0.1, -0.05) is 6.92 Å². The van der Waals surface area contributed by atoms with Crippen LogP contribution in [0.25, 0.3) is 0 Å². The summed E-state index contributed by atoms with van der Waals surface area (Å²) in [7, 11) is 0. The molecule has 0 spiro atoms. The largest absolute Gasteiger partial charge is 0.235 e. The summed E-state index contributed by atoms with van der Waals surface area (Å²) in [6.07, 6.45) is 8.43. The van der Waals surface area contributed by atoms with Crippen molar-refractivity contribution in [2.75, 3.05) is 13.1 Å². The highest BCUT2D eigenvalue weighted by Crippen LogP contribution is 2.61. The summed E-state index contributed by atoms with van der Waals surface area (Å²) in [4.78, 5) is 43.0. The molecule has 0 aromatic heterocycles. The fourth-order valence-electron chi connectivity index (χ4n) is 4.54. The van der Waals surface area contributed by atoms with Crippen molar-refractivity contribution in [2.45, 2.75) is 38.6 Å². The zero-order chi connectivity index (χ0) is 15.3. The van der Waals surface area contributed by atoms with E-state index in [-0.39, 0.29) is 11.5 Å². The van der Waals surface area contributed by atoms with Crippen LogP contribution in [0.5, 0.6) is 0 Å². The Labute approximate surface area is 123 Å². The first-order valence-corrected chi connectivity index (χ1v) is 7.36. The molecule has 0 saturated heterocycles. The van der Waals surface area contributed by atoms with Gasteiger partial charge >= 0.3 is 0 Å². The average molecular weight is 289 g/mol. The number of carbonyl (C=O) groups excluding carboxylic acids is 3. The minimum atomic E-state index is -0.240. The van der Waals surface area contributed by atoms with Gasteiger partial charge in [0.15, 0.2) is 0 Å². The molecule has 0 aliphatic heterocycles. The predicted octanol–water partition coefficient (Wildman–Crippen LogP) is 1.80. The highest BCUT2D eigenvalue weighted by molar-refractivity contribution is 5.36. The highest BCUT2D eigenvalue weighted by atomic mass is 16.1. The minimum Gasteiger partial charge on any atom is -0.211 e. The average Bonchev–Trinajstić information content (AvgIpc) is 3.06. The maximum Gasteiger partial charge on any atom is 0.235 e. The van der Waals surface area contributed by atoms with Crippen molar-refractivity contribution in [2.24, 2.45) is 38.1 Å². The van der Waals surface area contributed by atoms with E-state index >= 15 is 0 Å². The van der Waals surface area contributed by atoms with Crippen molar-refractivity contribution in [3.63, 3.8) is 0 Å². The first-order chi connectivity index (χ1) is 10.2. The van der Waals surface area contributed by atoms with Crippen LogP contribution < -0.4 is 0 Å². The van der Waals surface area contributed by atoms with Crippen LogP contribution >= 0.6 is 0 Å². The van der Waals surface area contributed by atoms with Crippen molar-refractivity contribution < 1.29 is 14.4 Å². The molecular weight excluding hydrogens is 270 g/mol. The molecule has 0 radical (unpaired) electrons. The van der Waals surface area contributed by atoms with Crippen LogP contribution in [0.1, 0.15) is 32.6 Å². The van der Waals surface area contributed by atoms with Gasteiger partial charge in [0, 0.05) is 5.41 Å². The summed E-state index contributed by atoms with van der Waals surface area (Å²) >= 11 is 0. The van der Waals surface area contributed by atoms with Gasteiger partial charge in [0.1, 0.15) is 0 Å². The molecule has 5 unspecified atom stereocenters. The van der Waals surface area contributed by atoms with Crippen molar-refractivity contribution in [3.05, 3.63) is 0 Å². The number of aliphatic imine (C=N–C) groups is 3. The molecule has 2 bridgehead atoms. The second-order valence-electron chi connectivity index (χ2n) is 6.11. The second-order valence-corrected chi connectivity index (χ2v) is 6.11. The lowest BCUT2D eigenvalue weighted by Crippen LogP contribution is -2.43. The number of fused-ring (bicyclic) bond motifs is 2. The lowest BCUT2D eigenvalue weighted by Gasteiger charge is -2.41. The Hall–Kier alpha value is -1.86. The van der Waals surface area contributed by atoms with Gasteiger partial charge < -0.3 is 0 Å². The van der Waals surface area contributed by atoms with Gasteiger partial charge in [-0.3, -0.25) is 0 Å². The van der Waals surface area contributed by atoms with Gasteiger partial charge in [-0.05, 0) is 43.4 Å². The summed E-state index contributed by atoms with van der Waals surface area (Å²) in [6, 6.07) is -0.155. The van der Waals surface area contributed by atoms with E-state index in [0.29, 0.717) is 30.8 Å². The molecule has 2 saturated carbocycles. The maximum absolute atomic E-state index is 10.7. The van der Waals surface area contributed by atoms with E-state index in [2.05, 4.69) is 15.0 Å². The number of hydrogen-bond acceptors (Lipinski definition) is 6. The fraction of sp³-hybridized carbons (Fsp3) is 0.800. The molecule has 2 rings (SSSR count). The Bertz CT molecular complexity index is 530. The Morgan fingerprint density at radius 1 is 1.14 bits per heavy atom. The summed E-state index contributed by atoms with van der Waals surface area (Å²) in [5.74, 6) is 1.20. The molecule has 112 valence electrons. The van der Waals surface area contributed by atoms with Crippen molar-refractivity contribution >= 4 is 18.2 Å². The number of hydrogen-bond donors (Lipinski definition) is 0. The van der Waals surface area contributed by atoms with Crippen molar-refractivity contribution in [1.82, 2.24) is 0 Å². The molecule has 2 fully saturated rings. The minimum absolute atomic E-state index is 0.155. The van der Waals surface area contributed by atoms with Crippen LogP contribution in [0.2, 0.25) is 0 Å². The van der Waals surface area contributed by atoms with E-state index in [1.54, 1.807) is 18.2 Å². The zero-order valence-corrected chi connectivity index (χ0v) is 12.1. The molecule has 0 N–H and O–H groups in total. The molecule has 0 amide bonds. The van der Waals surface area contributed by atoms with Gasteiger partial charge in [0.2, 0.25) is 18.2 Å². The normalized spacial score (nSPS) is 34.4. The Morgan fingerprint density at radius 2 is 1.90 bits per heavy atom. The third-order valence-corrected chi connectivity index (χ3v) is 5.38. The van der Waals surface area contributed by atoms with Gasteiger partial charge in [-0.25, -0.2) is 29.4 Å². The third kappa shape index (κ3) is 2.79. The molecule has 6 heteroatoms. The summed E-state index contributed by atoms with van der Waals surface area (Å²) in [5, 5.41) is 0. The van der Waals surface area contributed by atoms with Crippen LogP contribution in [0.3, 0.4) is 0 Å². The van der Waals surface area contributed by atoms with E-state index in [1.165, 1.54) is 0 Å². The van der Waals surface area contributed by atoms with E-state index in [4.69, 9.17) is 0 Å². The van der Waals surface area contributed by atoms with Crippen LogP contribution in [0, 0.1) is 23.2 Å². The van der Waals surface area contributed by atoms with E-state index in [1.807, 2.05) is 6.92 Å². The quantitative estimate of drug-likeness (QED) is 0.529. The van der Waals surface area contributed by atoms with Crippen LogP contribution in [0.15, 0.2) is 15.0 Å². The Morgan fingerprint density at radius 3 is 2.43 bits per heavy atom. The zero-order valence-electron chi connectivity index (χ0n) is 12.1. The Balaban J connectivity index is 2.23. The molecular formula is C15H19N3O3. The summed E-state index contributed by atoms with van der Waals surface area (Å²) in [6.45, 7) is 2.87. The lowest BCUT2D eigenvalue weighted by atomic mass is 9.65. The monoisotopic (exact) mass is 289 g/mol. The highest BCUT2D eigenvalue weighted by Gasteiger charge is 2.57. The number of rotatable bonds is 7. The second kappa shape index (κ2) is 6.73. The first kappa shape index (κ1) is 15.5. The topological polar surface area (TPSA) is 88.3 Å². The molecule has 0 aromatic carbocycles. The molecule has 5 atom stereocenters. The van der Waals surface area contributed by atoms with E-state index in [9.17, 15) is 14.4 Å². The maximum atomic E-state index is 10.7. The first-order valence-electron chi connectivity index (χ1n) is 7.36. The Kier molecular flexibility index (Phi) is 4.98. The van der Waals surface area contributed by atoms with E-state index < -0.39 is 0 Å². The number of nitrogens with zero attached hydrogens (tertiary/aromatic N) is 3. The van der Waals surface area contributed by atoms with Gasteiger partial charge in [-0.15, -0.1) is 0 Å². The molecule has 2 aliphatic rings. The SMILES string of the molecule is CCC(N=C=O)C1(CN=C=O)CC2CC1CC2CN=C=O. The third-order valence-electron chi connectivity index (χ3n) is 5.38. The van der Waals surface area contributed by atoms with Crippen molar-refractivity contribution in [1.29, 1.82) is 0 Å². The van der Waals surface area contributed by atoms with Gasteiger partial charge in [0.25, 0.3) is 0 Å². The molecule has 0 aromatic rings. The van der Waals surface area contributed by atoms with E-state index in [0.717, 1.165) is 25.7 Å². The molecule has 2 aliphatic carbocycles. The van der Waals surface area contributed by atoms with Gasteiger partial charge in [-0.2, -0.15) is 0 Å².